The van der Waals surface area contributed by atoms with Gasteiger partial charge in [-0.15, -0.1) is 0 Å². The van der Waals surface area contributed by atoms with Gasteiger partial charge in [0.1, 0.15) is 0 Å². The Morgan fingerprint density at radius 2 is 2.26 bits per heavy atom. The minimum absolute atomic E-state index is 0.223. The number of hydrogen-bond acceptors (Lipinski definition) is 3. The Morgan fingerprint density at radius 3 is 2.95 bits per heavy atom. The number of nitriles is 1. The third kappa shape index (κ3) is 1.92. The zero-order valence-electron chi connectivity index (χ0n) is 11.1. The third-order valence-electron chi connectivity index (χ3n) is 3.73. The van der Waals surface area contributed by atoms with Crippen LogP contribution in [0.1, 0.15) is 16.8 Å². The Hall–Kier alpha value is -2.12. The Kier molecular flexibility index (Phi) is 2.84. The van der Waals surface area contributed by atoms with E-state index >= 15 is 0 Å². The van der Waals surface area contributed by atoms with Gasteiger partial charge >= 0.3 is 0 Å². The first-order chi connectivity index (χ1) is 9.22. The van der Waals surface area contributed by atoms with Crippen molar-refractivity contribution >= 4 is 0 Å². The number of hydrogen-bond donors (Lipinski definition) is 0. The van der Waals surface area contributed by atoms with Crippen LogP contribution in [0.15, 0.2) is 24.4 Å². The van der Waals surface area contributed by atoms with Crippen LogP contribution in [-0.2, 0) is 17.7 Å². The van der Waals surface area contributed by atoms with Crippen LogP contribution in [0.2, 0.25) is 0 Å². The van der Waals surface area contributed by atoms with E-state index in [0.29, 0.717) is 5.56 Å². The standard InChI is InChI=1S/C15H15N3O/c1-10-5-11(7-16)3-4-13(10)14-8-17-18-9-12(19-2)6-15(14)18/h3-5,8,12H,6,9H2,1-2H3/t12-/m0/s1. The molecule has 0 amide bonds. The number of fused-ring (bicyclic) bond motifs is 1. The highest BCUT2D eigenvalue weighted by Gasteiger charge is 2.25. The summed E-state index contributed by atoms with van der Waals surface area (Å²) in [5.74, 6) is 0. The topological polar surface area (TPSA) is 50.8 Å². The molecule has 1 aliphatic heterocycles. The summed E-state index contributed by atoms with van der Waals surface area (Å²) in [5, 5.41) is 13.3. The van der Waals surface area contributed by atoms with Gasteiger partial charge in [0.05, 0.1) is 30.5 Å². The lowest BCUT2D eigenvalue weighted by Crippen LogP contribution is -2.11. The highest BCUT2D eigenvalue weighted by molar-refractivity contribution is 5.70. The quantitative estimate of drug-likeness (QED) is 0.825. The molecule has 2 heterocycles. The van der Waals surface area contributed by atoms with E-state index in [0.717, 1.165) is 29.7 Å². The molecule has 3 rings (SSSR count). The van der Waals surface area contributed by atoms with Gasteiger partial charge in [-0.25, -0.2) is 0 Å². The highest BCUT2D eigenvalue weighted by Crippen LogP contribution is 2.31. The Labute approximate surface area is 112 Å². The number of ether oxygens (including phenoxy) is 1. The number of nitrogens with zero attached hydrogens (tertiary/aromatic N) is 3. The number of benzene rings is 1. The van der Waals surface area contributed by atoms with Crippen LogP contribution in [0.3, 0.4) is 0 Å². The molecule has 1 aromatic heterocycles. The van der Waals surface area contributed by atoms with Gasteiger partial charge in [-0.2, -0.15) is 10.4 Å². The second-order valence-corrected chi connectivity index (χ2v) is 4.89. The van der Waals surface area contributed by atoms with Gasteiger partial charge < -0.3 is 4.74 Å². The predicted molar refractivity (Wildman–Crippen MR) is 71.6 cm³/mol. The first-order valence-corrected chi connectivity index (χ1v) is 6.31. The molecule has 0 spiro atoms. The number of aromatic nitrogens is 2. The minimum atomic E-state index is 0.223. The molecular formula is C15H15N3O. The van der Waals surface area contributed by atoms with Crippen LogP contribution in [0.25, 0.3) is 11.1 Å². The van der Waals surface area contributed by atoms with Crippen molar-refractivity contribution in [2.75, 3.05) is 7.11 Å². The number of aryl methyl sites for hydroxylation is 1. The molecular weight excluding hydrogens is 238 g/mol. The van der Waals surface area contributed by atoms with Crippen LogP contribution < -0.4 is 0 Å². The van der Waals surface area contributed by atoms with Gasteiger partial charge in [0.2, 0.25) is 0 Å². The number of rotatable bonds is 2. The fourth-order valence-corrected chi connectivity index (χ4v) is 2.67. The Bertz CT molecular complexity index is 667. The normalized spacial score (nSPS) is 17.2. The summed E-state index contributed by atoms with van der Waals surface area (Å²) in [5.41, 5.74) is 5.33. The molecule has 0 aliphatic carbocycles. The summed E-state index contributed by atoms with van der Waals surface area (Å²) in [6.07, 6.45) is 3.03. The molecule has 4 nitrogen and oxygen atoms in total. The number of methoxy groups -OCH3 is 1. The fraction of sp³-hybridized carbons (Fsp3) is 0.333. The maximum Gasteiger partial charge on any atom is 0.0991 e. The summed E-state index contributed by atoms with van der Waals surface area (Å²) < 4.78 is 7.42. The van der Waals surface area contributed by atoms with E-state index in [1.807, 2.05) is 36.0 Å². The van der Waals surface area contributed by atoms with Crippen molar-refractivity contribution < 1.29 is 4.74 Å². The molecule has 0 fully saturated rings. The van der Waals surface area contributed by atoms with Crippen LogP contribution >= 0.6 is 0 Å². The molecule has 1 atom stereocenters. The maximum absolute atomic E-state index is 8.92. The predicted octanol–water partition coefficient (Wildman–Crippen LogP) is 2.30. The molecule has 1 aromatic carbocycles. The average molecular weight is 253 g/mol. The lowest BCUT2D eigenvalue weighted by atomic mass is 9.98. The van der Waals surface area contributed by atoms with Gasteiger partial charge in [0.15, 0.2) is 0 Å². The molecule has 0 saturated heterocycles. The summed E-state index contributed by atoms with van der Waals surface area (Å²) in [6, 6.07) is 7.95. The second-order valence-electron chi connectivity index (χ2n) is 4.89. The van der Waals surface area contributed by atoms with Crippen molar-refractivity contribution in [3.8, 4) is 17.2 Å². The third-order valence-corrected chi connectivity index (χ3v) is 3.73. The first kappa shape index (κ1) is 11.9. The van der Waals surface area contributed by atoms with E-state index in [2.05, 4.69) is 11.2 Å². The van der Waals surface area contributed by atoms with Crippen molar-refractivity contribution in [1.82, 2.24) is 9.78 Å². The van der Waals surface area contributed by atoms with E-state index in [-0.39, 0.29) is 6.10 Å². The van der Waals surface area contributed by atoms with Crippen LogP contribution in [0, 0.1) is 18.3 Å². The molecule has 0 unspecified atom stereocenters. The largest absolute Gasteiger partial charge is 0.379 e. The maximum atomic E-state index is 8.92. The molecule has 4 heteroatoms. The first-order valence-electron chi connectivity index (χ1n) is 6.31. The van der Waals surface area contributed by atoms with Crippen LogP contribution in [-0.4, -0.2) is 23.0 Å². The van der Waals surface area contributed by atoms with Gasteiger partial charge in [0.25, 0.3) is 0 Å². The zero-order valence-corrected chi connectivity index (χ0v) is 11.1. The SMILES string of the molecule is CO[C@H]1Cc2c(-c3ccc(C#N)cc3C)cnn2C1. The smallest absolute Gasteiger partial charge is 0.0991 e. The van der Waals surface area contributed by atoms with Gasteiger partial charge in [0, 0.05) is 24.8 Å². The van der Waals surface area contributed by atoms with Gasteiger partial charge in [-0.1, -0.05) is 6.07 Å². The Balaban J connectivity index is 2.04. The van der Waals surface area contributed by atoms with Crippen molar-refractivity contribution in [3.05, 3.63) is 41.2 Å². The van der Waals surface area contributed by atoms with Gasteiger partial charge in [-0.05, 0) is 30.2 Å². The molecule has 19 heavy (non-hydrogen) atoms. The average Bonchev–Trinajstić information content (AvgIpc) is 2.98. The molecule has 1 aliphatic rings. The lowest BCUT2D eigenvalue weighted by Gasteiger charge is -2.07. The van der Waals surface area contributed by atoms with Crippen molar-refractivity contribution in [2.45, 2.75) is 26.0 Å². The van der Waals surface area contributed by atoms with E-state index in [4.69, 9.17) is 10.00 Å². The minimum Gasteiger partial charge on any atom is -0.379 e. The van der Waals surface area contributed by atoms with Gasteiger partial charge in [-0.3, -0.25) is 4.68 Å². The summed E-state index contributed by atoms with van der Waals surface area (Å²) in [6.45, 7) is 2.85. The molecule has 0 bridgehead atoms. The second kappa shape index (κ2) is 4.52. The summed E-state index contributed by atoms with van der Waals surface area (Å²) >= 11 is 0. The summed E-state index contributed by atoms with van der Waals surface area (Å²) in [4.78, 5) is 0. The molecule has 0 radical (unpaired) electrons. The lowest BCUT2D eigenvalue weighted by molar-refractivity contribution is 0.102. The summed E-state index contributed by atoms with van der Waals surface area (Å²) in [7, 11) is 1.74. The zero-order chi connectivity index (χ0) is 13.4. The monoisotopic (exact) mass is 253 g/mol. The molecule has 96 valence electrons. The van der Waals surface area contributed by atoms with Crippen LogP contribution in [0.4, 0.5) is 0 Å². The Morgan fingerprint density at radius 1 is 1.42 bits per heavy atom. The van der Waals surface area contributed by atoms with E-state index in [9.17, 15) is 0 Å². The van der Waals surface area contributed by atoms with Crippen molar-refractivity contribution in [1.29, 1.82) is 5.26 Å². The molecule has 0 N–H and O–H groups in total. The van der Waals surface area contributed by atoms with E-state index in [1.54, 1.807) is 7.11 Å². The highest BCUT2D eigenvalue weighted by atomic mass is 16.5. The molecule has 0 saturated carbocycles. The van der Waals surface area contributed by atoms with Crippen LogP contribution in [0.5, 0.6) is 0 Å². The van der Waals surface area contributed by atoms with E-state index in [1.165, 1.54) is 5.69 Å². The van der Waals surface area contributed by atoms with Crippen molar-refractivity contribution in [3.63, 3.8) is 0 Å². The fourth-order valence-electron chi connectivity index (χ4n) is 2.67. The molecule has 2 aromatic rings. The van der Waals surface area contributed by atoms with E-state index < -0.39 is 0 Å². The van der Waals surface area contributed by atoms with Crippen molar-refractivity contribution in [2.24, 2.45) is 0 Å².